The van der Waals surface area contributed by atoms with Gasteiger partial charge in [0, 0.05) is 6.42 Å². The van der Waals surface area contributed by atoms with E-state index in [0.717, 1.165) is 25.7 Å². The van der Waals surface area contributed by atoms with Gasteiger partial charge < -0.3 is 9.47 Å². The number of hydrogen-bond acceptors (Lipinski definition) is 3. The molecular formula is C12H24O3. The highest BCUT2D eigenvalue weighted by atomic mass is 16.7. The summed E-state index contributed by atoms with van der Waals surface area (Å²) in [5.74, 6) is 0.467. The number of ether oxygens (including phenoxy) is 2. The van der Waals surface area contributed by atoms with Crippen molar-refractivity contribution in [1.29, 1.82) is 0 Å². The van der Waals surface area contributed by atoms with Crippen molar-refractivity contribution in [2.24, 2.45) is 5.92 Å². The van der Waals surface area contributed by atoms with Gasteiger partial charge in [-0.05, 0) is 18.8 Å². The third-order valence-corrected chi connectivity index (χ3v) is 2.28. The molecule has 0 rings (SSSR count). The van der Waals surface area contributed by atoms with Gasteiger partial charge in [-0.25, -0.2) is 0 Å². The zero-order valence-corrected chi connectivity index (χ0v) is 10.4. The topological polar surface area (TPSA) is 35.5 Å². The Hall–Kier alpha value is -0.570. The molecule has 0 aliphatic heterocycles. The molecule has 2 atom stereocenters. The summed E-state index contributed by atoms with van der Waals surface area (Å²) in [4.78, 5) is 10.3. The lowest BCUT2D eigenvalue weighted by Crippen LogP contribution is -2.25. The molecule has 0 aromatic rings. The van der Waals surface area contributed by atoms with Crippen LogP contribution in [-0.2, 0) is 14.3 Å². The molecule has 0 saturated carbocycles. The molecule has 3 nitrogen and oxygen atoms in total. The molecule has 2 unspecified atom stereocenters. The van der Waals surface area contributed by atoms with Gasteiger partial charge in [-0.15, -0.1) is 0 Å². The third kappa shape index (κ3) is 7.37. The molecule has 0 amide bonds. The Morgan fingerprint density at radius 1 is 1.27 bits per heavy atom. The van der Waals surface area contributed by atoms with Crippen LogP contribution in [0.1, 0.15) is 53.4 Å². The van der Waals surface area contributed by atoms with Crippen molar-refractivity contribution in [3.8, 4) is 0 Å². The Bertz CT molecular complexity index is 157. The first-order valence-electron chi connectivity index (χ1n) is 5.88. The van der Waals surface area contributed by atoms with E-state index < -0.39 is 0 Å². The van der Waals surface area contributed by atoms with Crippen molar-refractivity contribution in [3.63, 3.8) is 0 Å². The monoisotopic (exact) mass is 216 g/mol. The molecule has 0 bridgehead atoms. The molecule has 0 saturated heterocycles. The third-order valence-electron chi connectivity index (χ3n) is 2.28. The van der Waals surface area contributed by atoms with Crippen molar-refractivity contribution in [2.75, 3.05) is 0 Å². The van der Waals surface area contributed by atoms with E-state index in [1.807, 2.05) is 0 Å². The highest BCUT2D eigenvalue weighted by molar-refractivity contribution is 5.37. The van der Waals surface area contributed by atoms with Gasteiger partial charge in [-0.2, -0.15) is 0 Å². The molecule has 0 aromatic heterocycles. The molecule has 3 heteroatoms. The maximum atomic E-state index is 10.3. The van der Waals surface area contributed by atoms with E-state index in [2.05, 4.69) is 27.7 Å². The zero-order chi connectivity index (χ0) is 11.7. The molecule has 0 aromatic carbocycles. The smallest absolute Gasteiger partial charge is 0.295 e. The van der Waals surface area contributed by atoms with Crippen LogP contribution in [0.3, 0.4) is 0 Å². The van der Waals surface area contributed by atoms with Crippen LogP contribution >= 0.6 is 0 Å². The second-order valence-electron chi connectivity index (χ2n) is 4.25. The average molecular weight is 216 g/mol. The summed E-state index contributed by atoms with van der Waals surface area (Å²) in [6, 6.07) is 0. The summed E-state index contributed by atoms with van der Waals surface area (Å²) < 4.78 is 10.7. The van der Waals surface area contributed by atoms with Crippen molar-refractivity contribution in [3.05, 3.63) is 0 Å². The van der Waals surface area contributed by atoms with Crippen molar-refractivity contribution >= 4 is 6.47 Å². The lowest BCUT2D eigenvalue weighted by Gasteiger charge is -2.23. The van der Waals surface area contributed by atoms with Gasteiger partial charge in [0.25, 0.3) is 6.47 Å². The lowest BCUT2D eigenvalue weighted by atomic mass is 10.1. The summed E-state index contributed by atoms with van der Waals surface area (Å²) in [5.41, 5.74) is 0. The molecule has 0 aliphatic rings. The van der Waals surface area contributed by atoms with Crippen LogP contribution in [0, 0.1) is 5.92 Å². The fourth-order valence-corrected chi connectivity index (χ4v) is 1.50. The predicted octanol–water partition coefficient (Wildman–Crippen LogP) is 3.13. The van der Waals surface area contributed by atoms with E-state index in [1.54, 1.807) is 0 Å². The Morgan fingerprint density at radius 2 is 1.93 bits per heavy atom. The lowest BCUT2D eigenvalue weighted by molar-refractivity contribution is -0.181. The normalized spacial score (nSPS) is 15.0. The van der Waals surface area contributed by atoms with Crippen LogP contribution in [0.2, 0.25) is 0 Å². The first-order valence-corrected chi connectivity index (χ1v) is 5.88. The van der Waals surface area contributed by atoms with Crippen molar-refractivity contribution in [2.45, 2.75) is 65.8 Å². The van der Waals surface area contributed by atoms with Crippen molar-refractivity contribution < 1.29 is 14.3 Å². The second kappa shape index (κ2) is 8.72. The highest BCUT2D eigenvalue weighted by Gasteiger charge is 2.16. The van der Waals surface area contributed by atoms with Crippen LogP contribution in [0.5, 0.6) is 0 Å². The first-order chi connectivity index (χ1) is 7.13. The van der Waals surface area contributed by atoms with Crippen molar-refractivity contribution in [1.82, 2.24) is 0 Å². The predicted molar refractivity (Wildman–Crippen MR) is 60.5 cm³/mol. The van der Waals surface area contributed by atoms with Gasteiger partial charge in [0.05, 0.1) is 6.10 Å². The number of carbonyl (C=O) groups is 1. The van der Waals surface area contributed by atoms with Crippen LogP contribution in [0.25, 0.3) is 0 Å². The summed E-state index contributed by atoms with van der Waals surface area (Å²) >= 11 is 0. The SMILES string of the molecule is CCCC(CC)OC(CC(C)C)OC=O. The molecule has 0 fully saturated rings. The van der Waals surface area contributed by atoms with E-state index in [-0.39, 0.29) is 12.4 Å². The Kier molecular flexibility index (Phi) is 8.38. The van der Waals surface area contributed by atoms with Gasteiger partial charge in [-0.1, -0.05) is 34.1 Å². The first kappa shape index (κ1) is 14.4. The Morgan fingerprint density at radius 3 is 2.33 bits per heavy atom. The number of hydrogen-bond donors (Lipinski definition) is 0. The molecule has 0 spiro atoms. The molecule has 0 N–H and O–H groups in total. The van der Waals surface area contributed by atoms with Gasteiger partial charge >= 0.3 is 0 Å². The zero-order valence-electron chi connectivity index (χ0n) is 10.4. The van der Waals surface area contributed by atoms with E-state index >= 15 is 0 Å². The minimum Gasteiger partial charge on any atom is -0.438 e. The largest absolute Gasteiger partial charge is 0.438 e. The fourth-order valence-electron chi connectivity index (χ4n) is 1.50. The maximum Gasteiger partial charge on any atom is 0.295 e. The molecule has 0 aliphatic carbocycles. The summed E-state index contributed by atoms with van der Waals surface area (Å²) in [6.45, 7) is 8.88. The maximum absolute atomic E-state index is 10.3. The average Bonchev–Trinajstić information content (AvgIpc) is 2.16. The Balaban J connectivity index is 4.04. The van der Waals surface area contributed by atoms with E-state index in [4.69, 9.17) is 9.47 Å². The summed E-state index contributed by atoms with van der Waals surface area (Å²) in [6.07, 6.45) is 3.67. The number of rotatable bonds is 9. The molecule has 15 heavy (non-hydrogen) atoms. The van der Waals surface area contributed by atoms with Gasteiger partial charge in [0.15, 0.2) is 0 Å². The van der Waals surface area contributed by atoms with E-state index in [1.165, 1.54) is 0 Å². The number of carbonyl (C=O) groups excluding carboxylic acids is 1. The molecule has 90 valence electrons. The highest BCUT2D eigenvalue weighted by Crippen LogP contribution is 2.15. The van der Waals surface area contributed by atoms with Crippen LogP contribution in [0.4, 0.5) is 0 Å². The minimum absolute atomic E-state index is 0.207. The van der Waals surface area contributed by atoms with Crippen LogP contribution in [0.15, 0.2) is 0 Å². The standard InChI is InChI=1S/C12H24O3/c1-5-7-11(6-2)15-12(14-9-13)8-10(3)4/h9-12H,5-8H2,1-4H3. The molecular weight excluding hydrogens is 192 g/mol. The second-order valence-corrected chi connectivity index (χ2v) is 4.25. The van der Waals surface area contributed by atoms with Gasteiger partial charge in [0.2, 0.25) is 6.29 Å². The fraction of sp³-hybridized carbons (Fsp3) is 0.917. The van der Waals surface area contributed by atoms with Crippen LogP contribution < -0.4 is 0 Å². The van der Waals surface area contributed by atoms with Gasteiger partial charge in [0.1, 0.15) is 0 Å². The Labute approximate surface area is 93.1 Å². The summed E-state index contributed by atoms with van der Waals surface area (Å²) in [7, 11) is 0. The molecule has 0 heterocycles. The van der Waals surface area contributed by atoms with E-state index in [9.17, 15) is 4.79 Å². The van der Waals surface area contributed by atoms with E-state index in [0.29, 0.717) is 12.4 Å². The minimum atomic E-state index is -0.376. The van der Waals surface area contributed by atoms with Crippen LogP contribution in [-0.4, -0.2) is 18.9 Å². The summed E-state index contributed by atoms with van der Waals surface area (Å²) in [5, 5.41) is 0. The quantitative estimate of drug-likeness (QED) is 0.439. The molecule has 0 radical (unpaired) electrons. The van der Waals surface area contributed by atoms with Gasteiger partial charge in [-0.3, -0.25) is 4.79 Å².